The third-order valence-corrected chi connectivity index (χ3v) is 2.72. The molecule has 0 spiro atoms. The molecule has 2 nitrogen and oxygen atoms in total. The van der Waals surface area contributed by atoms with Gasteiger partial charge in [0.05, 0.1) is 30.7 Å². The maximum absolute atomic E-state index is 5.50. The van der Waals surface area contributed by atoms with Crippen LogP contribution in [-0.4, -0.2) is 30.7 Å². The number of hydrogen-bond donors (Lipinski definition) is 1. The highest BCUT2D eigenvalue weighted by molar-refractivity contribution is 7.81. The highest BCUT2D eigenvalue weighted by atomic mass is 32.1. The zero-order valence-electron chi connectivity index (χ0n) is 5.99. The van der Waals surface area contributed by atoms with Gasteiger partial charge in [-0.2, -0.15) is 12.6 Å². The summed E-state index contributed by atoms with van der Waals surface area (Å²) in [5.74, 6) is 0.558. The Bertz CT molecular complexity index is 124. The Labute approximate surface area is 66.3 Å². The van der Waals surface area contributed by atoms with E-state index < -0.39 is 0 Å². The number of rotatable bonds is 0. The fraction of sp³-hybridized carbons (Fsp3) is 1.00. The second kappa shape index (κ2) is 2.40. The molecule has 0 radical (unpaired) electrons. The molecule has 3 heteroatoms. The molecule has 10 heavy (non-hydrogen) atoms. The number of fused-ring (bicyclic) bond motifs is 1. The second-order valence-corrected chi connectivity index (χ2v) is 3.80. The summed E-state index contributed by atoms with van der Waals surface area (Å²) in [5, 5.41) is 0.301. The zero-order chi connectivity index (χ0) is 7.14. The summed E-state index contributed by atoms with van der Waals surface area (Å²) in [7, 11) is 0. The van der Waals surface area contributed by atoms with E-state index in [-0.39, 0.29) is 6.10 Å². The van der Waals surface area contributed by atoms with Crippen molar-refractivity contribution in [2.24, 2.45) is 5.92 Å². The molecule has 0 N–H and O–H groups in total. The fourth-order valence-electron chi connectivity index (χ4n) is 1.67. The molecule has 0 saturated carbocycles. The number of hydrogen-bond acceptors (Lipinski definition) is 3. The maximum Gasteiger partial charge on any atom is 0.0978 e. The Hall–Kier alpha value is 0.270. The van der Waals surface area contributed by atoms with Crippen LogP contribution >= 0.6 is 12.6 Å². The van der Waals surface area contributed by atoms with E-state index in [1.165, 1.54) is 0 Å². The highest BCUT2D eigenvalue weighted by Gasteiger charge is 2.44. The van der Waals surface area contributed by atoms with E-state index in [1.807, 2.05) is 0 Å². The average molecular weight is 160 g/mol. The van der Waals surface area contributed by atoms with Crippen LogP contribution in [0.1, 0.15) is 6.92 Å². The van der Waals surface area contributed by atoms with Crippen LogP contribution in [0, 0.1) is 5.92 Å². The third-order valence-electron chi connectivity index (χ3n) is 2.27. The van der Waals surface area contributed by atoms with Crippen molar-refractivity contribution in [3.8, 4) is 0 Å². The van der Waals surface area contributed by atoms with E-state index in [4.69, 9.17) is 9.47 Å². The first-order chi connectivity index (χ1) is 4.79. The van der Waals surface area contributed by atoms with Crippen molar-refractivity contribution in [2.45, 2.75) is 24.4 Å². The molecule has 0 aliphatic carbocycles. The van der Waals surface area contributed by atoms with E-state index in [0.717, 1.165) is 13.2 Å². The Balaban J connectivity index is 2.09. The van der Waals surface area contributed by atoms with Gasteiger partial charge in [0, 0.05) is 5.92 Å². The lowest BCUT2D eigenvalue weighted by atomic mass is 10.0. The molecule has 0 aromatic carbocycles. The Morgan fingerprint density at radius 1 is 1.20 bits per heavy atom. The van der Waals surface area contributed by atoms with Crippen molar-refractivity contribution in [1.82, 2.24) is 0 Å². The van der Waals surface area contributed by atoms with Gasteiger partial charge in [-0.3, -0.25) is 0 Å². The lowest BCUT2D eigenvalue weighted by Crippen LogP contribution is -2.25. The average Bonchev–Trinajstić information content (AvgIpc) is 2.41. The monoisotopic (exact) mass is 160 g/mol. The van der Waals surface area contributed by atoms with Gasteiger partial charge in [0.15, 0.2) is 0 Å². The minimum Gasteiger partial charge on any atom is -0.374 e. The maximum atomic E-state index is 5.50. The van der Waals surface area contributed by atoms with E-state index in [1.54, 1.807) is 0 Å². The zero-order valence-corrected chi connectivity index (χ0v) is 6.88. The summed E-state index contributed by atoms with van der Waals surface area (Å²) in [5.41, 5.74) is 0. The Kier molecular flexibility index (Phi) is 1.66. The SMILES string of the molecule is C[C@@H]1COC2C1OC[C@@H]2S. The quantitative estimate of drug-likeness (QED) is 0.526. The first-order valence-corrected chi connectivity index (χ1v) is 4.22. The van der Waals surface area contributed by atoms with Crippen LogP contribution in [0.15, 0.2) is 0 Å². The lowest BCUT2D eigenvalue weighted by Gasteiger charge is -2.10. The second-order valence-electron chi connectivity index (χ2n) is 3.14. The molecule has 2 aliphatic rings. The molecule has 0 aromatic rings. The van der Waals surface area contributed by atoms with Crippen LogP contribution in [0.3, 0.4) is 0 Å². The normalized spacial score (nSPS) is 53.4. The third kappa shape index (κ3) is 0.881. The van der Waals surface area contributed by atoms with Crippen LogP contribution in [0.2, 0.25) is 0 Å². The van der Waals surface area contributed by atoms with Gasteiger partial charge in [-0.15, -0.1) is 0 Å². The van der Waals surface area contributed by atoms with Crippen molar-refractivity contribution >= 4 is 12.6 Å². The van der Waals surface area contributed by atoms with Crippen LogP contribution in [0.25, 0.3) is 0 Å². The topological polar surface area (TPSA) is 18.5 Å². The molecule has 2 fully saturated rings. The molecule has 0 aromatic heterocycles. The summed E-state index contributed by atoms with van der Waals surface area (Å²) in [6, 6.07) is 0. The Morgan fingerprint density at radius 2 is 1.90 bits per heavy atom. The summed E-state index contributed by atoms with van der Waals surface area (Å²) in [4.78, 5) is 0. The molecule has 2 aliphatic heterocycles. The van der Waals surface area contributed by atoms with Crippen LogP contribution in [0.5, 0.6) is 0 Å². The standard InChI is InChI=1S/C7H12O2S/c1-4-2-8-7-5(10)3-9-6(4)7/h4-7,10H,2-3H2,1H3/t4-,5+,6?,7?/m1/s1. The van der Waals surface area contributed by atoms with Gasteiger partial charge in [0.1, 0.15) is 0 Å². The Morgan fingerprint density at radius 3 is 2.60 bits per heavy atom. The molecular formula is C7H12O2S. The van der Waals surface area contributed by atoms with Gasteiger partial charge < -0.3 is 9.47 Å². The molecule has 0 amide bonds. The first kappa shape index (κ1) is 6.95. The summed E-state index contributed by atoms with van der Waals surface area (Å²) in [6.07, 6.45) is 0.584. The van der Waals surface area contributed by atoms with Crippen LogP contribution < -0.4 is 0 Å². The van der Waals surface area contributed by atoms with Gasteiger partial charge in [-0.1, -0.05) is 6.92 Å². The molecule has 2 unspecified atom stereocenters. The van der Waals surface area contributed by atoms with Crippen molar-refractivity contribution in [1.29, 1.82) is 0 Å². The summed E-state index contributed by atoms with van der Waals surface area (Å²) >= 11 is 4.36. The van der Waals surface area contributed by atoms with Gasteiger partial charge >= 0.3 is 0 Å². The highest BCUT2D eigenvalue weighted by Crippen LogP contribution is 2.32. The van der Waals surface area contributed by atoms with Gasteiger partial charge in [-0.05, 0) is 0 Å². The van der Waals surface area contributed by atoms with E-state index in [2.05, 4.69) is 19.6 Å². The van der Waals surface area contributed by atoms with Gasteiger partial charge in [0.25, 0.3) is 0 Å². The number of ether oxygens (including phenoxy) is 2. The first-order valence-electron chi connectivity index (χ1n) is 3.70. The van der Waals surface area contributed by atoms with Gasteiger partial charge in [0.2, 0.25) is 0 Å². The van der Waals surface area contributed by atoms with Crippen LogP contribution in [0.4, 0.5) is 0 Å². The van der Waals surface area contributed by atoms with Crippen molar-refractivity contribution < 1.29 is 9.47 Å². The van der Waals surface area contributed by atoms with Gasteiger partial charge in [-0.25, -0.2) is 0 Å². The summed E-state index contributed by atoms with van der Waals surface area (Å²) < 4.78 is 11.0. The van der Waals surface area contributed by atoms with E-state index in [0.29, 0.717) is 17.3 Å². The van der Waals surface area contributed by atoms with Crippen molar-refractivity contribution in [3.05, 3.63) is 0 Å². The molecular weight excluding hydrogens is 148 g/mol. The number of thiol groups is 1. The predicted molar refractivity (Wildman–Crippen MR) is 41.4 cm³/mol. The molecule has 2 saturated heterocycles. The smallest absolute Gasteiger partial charge is 0.0978 e. The summed E-state index contributed by atoms with van der Waals surface area (Å²) in [6.45, 7) is 3.76. The molecule has 0 bridgehead atoms. The van der Waals surface area contributed by atoms with E-state index in [9.17, 15) is 0 Å². The minimum atomic E-state index is 0.262. The van der Waals surface area contributed by atoms with Crippen LogP contribution in [-0.2, 0) is 9.47 Å². The largest absolute Gasteiger partial charge is 0.374 e. The van der Waals surface area contributed by atoms with Crippen molar-refractivity contribution in [3.63, 3.8) is 0 Å². The molecule has 58 valence electrons. The predicted octanol–water partition coefficient (Wildman–Crippen LogP) is 0.718. The molecule has 2 rings (SSSR count). The van der Waals surface area contributed by atoms with Crippen molar-refractivity contribution in [2.75, 3.05) is 13.2 Å². The van der Waals surface area contributed by atoms with E-state index >= 15 is 0 Å². The minimum absolute atomic E-state index is 0.262. The fourth-order valence-corrected chi connectivity index (χ4v) is 2.01. The molecule has 4 atom stereocenters. The lowest BCUT2D eigenvalue weighted by molar-refractivity contribution is 0.0660. The molecule has 2 heterocycles.